The number of hydrogen-bond donors (Lipinski definition) is 3. The van der Waals surface area contributed by atoms with E-state index in [0.717, 1.165) is 43.4 Å². The highest BCUT2D eigenvalue weighted by Gasteiger charge is 2.17. The lowest BCUT2D eigenvalue weighted by atomic mass is 10.1. The van der Waals surface area contributed by atoms with E-state index in [2.05, 4.69) is 22.2 Å². The van der Waals surface area contributed by atoms with Crippen LogP contribution in [0.3, 0.4) is 0 Å². The maximum absolute atomic E-state index is 6.21. The first-order chi connectivity index (χ1) is 13.5. The van der Waals surface area contributed by atoms with Crippen LogP contribution in [0.4, 0.5) is 5.13 Å². The van der Waals surface area contributed by atoms with E-state index in [1.54, 1.807) is 11.3 Å². The number of benzene rings is 2. The summed E-state index contributed by atoms with van der Waals surface area (Å²) in [5, 5.41) is 5.60. The minimum Gasteiger partial charge on any atom is -0.370 e. The van der Waals surface area contributed by atoms with Gasteiger partial charge in [-0.25, -0.2) is 9.98 Å². The van der Waals surface area contributed by atoms with Crippen LogP contribution in [0.5, 0.6) is 0 Å². The topological polar surface area (TPSA) is 79.1 Å². The molecule has 0 aliphatic carbocycles. The van der Waals surface area contributed by atoms with Crippen LogP contribution in [-0.2, 0) is 6.54 Å². The number of anilines is 1. The van der Waals surface area contributed by atoms with Crippen molar-refractivity contribution in [1.29, 1.82) is 0 Å². The van der Waals surface area contributed by atoms with E-state index in [-0.39, 0.29) is 0 Å². The van der Waals surface area contributed by atoms with Crippen LogP contribution >= 0.6 is 22.9 Å². The fourth-order valence-electron chi connectivity index (χ4n) is 3.19. The molecule has 0 spiro atoms. The molecule has 0 saturated carbocycles. The number of rotatable bonds is 4. The summed E-state index contributed by atoms with van der Waals surface area (Å²) in [7, 11) is 0. The SMILES string of the molecule is Cc1[nH]c2ccc(Cl)cc2c1-c1nc(NC(N)=NCc2ccccc2)sc1C. The Balaban J connectivity index is 1.61. The molecule has 4 N–H and O–H groups in total. The maximum atomic E-state index is 6.21. The summed E-state index contributed by atoms with van der Waals surface area (Å²) in [5.41, 5.74) is 11.3. The fraction of sp³-hybridized carbons (Fsp3) is 0.143. The van der Waals surface area contributed by atoms with Gasteiger partial charge in [-0.05, 0) is 37.6 Å². The first-order valence-electron chi connectivity index (χ1n) is 8.88. The smallest absolute Gasteiger partial charge is 0.195 e. The Kier molecular flexibility index (Phi) is 5.07. The van der Waals surface area contributed by atoms with Crippen LogP contribution in [0.25, 0.3) is 22.2 Å². The van der Waals surface area contributed by atoms with E-state index in [1.807, 2.05) is 55.5 Å². The number of aromatic amines is 1. The van der Waals surface area contributed by atoms with Crippen molar-refractivity contribution in [2.45, 2.75) is 20.4 Å². The van der Waals surface area contributed by atoms with Crippen LogP contribution in [0.1, 0.15) is 16.1 Å². The van der Waals surface area contributed by atoms with Crippen molar-refractivity contribution in [3.63, 3.8) is 0 Å². The largest absolute Gasteiger partial charge is 0.370 e. The standard InChI is InChI=1S/C21H20ClN5S/c1-12-18(16-10-15(22)8-9-17(16)25-12)19-13(2)28-21(26-19)27-20(23)24-11-14-6-4-3-5-7-14/h3-10,25H,11H2,1-2H3,(H3,23,24,26,27). The Morgan fingerprint density at radius 1 is 1.21 bits per heavy atom. The minimum atomic E-state index is 0.350. The quantitative estimate of drug-likeness (QED) is 0.308. The highest BCUT2D eigenvalue weighted by atomic mass is 35.5. The van der Waals surface area contributed by atoms with E-state index in [9.17, 15) is 0 Å². The molecule has 5 nitrogen and oxygen atoms in total. The lowest BCUT2D eigenvalue weighted by molar-refractivity contribution is 1.06. The molecule has 0 unspecified atom stereocenters. The Morgan fingerprint density at radius 2 is 2.00 bits per heavy atom. The predicted molar refractivity (Wildman–Crippen MR) is 119 cm³/mol. The van der Waals surface area contributed by atoms with Crippen LogP contribution in [-0.4, -0.2) is 15.9 Å². The number of thiazole rings is 1. The van der Waals surface area contributed by atoms with Crippen molar-refractivity contribution in [3.8, 4) is 11.3 Å². The molecule has 0 fully saturated rings. The lowest BCUT2D eigenvalue weighted by Crippen LogP contribution is -2.22. The molecule has 0 atom stereocenters. The molecule has 28 heavy (non-hydrogen) atoms. The van der Waals surface area contributed by atoms with E-state index in [0.29, 0.717) is 17.5 Å². The van der Waals surface area contributed by atoms with Gasteiger partial charge in [0, 0.05) is 32.1 Å². The van der Waals surface area contributed by atoms with Gasteiger partial charge in [-0.3, -0.25) is 0 Å². The van der Waals surface area contributed by atoms with Crippen molar-refractivity contribution in [1.82, 2.24) is 9.97 Å². The summed E-state index contributed by atoms with van der Waals surface area (Å²) in [5.74, 6) is 0.350. The van der Waals surface area contributed by atoms with Crippen LogP contribution in [0, 0.1) is 13.8 Å². The summed E-state index contributed by atoms with van der Waals surface area (Å²) >= 11 is 7.76. The average molecular weight is 410 g/mol. The summed E-state index contributed by atoms with van der Waals surface area (Å²) < 4.78 is 0. The van der Waals surface area contributed by atoms with Crippen molar-refractivity contribution in [2.24, 2.45) is 10.7 Å². The zero-order valence-corrected chi connectivity index (χ0v) is 17.2. The van der Waals surface area contributed by atoms with E-state index < -0.39 is 0 Å². The number of H-pyrrole nitrogens is 1. The number of guanidine groups is 1. The van der Waals surface area contributed by atoms with E-state index >= 15 is 0 Å². The highest BCUT2D eigenvalue weighted by molar-refractivity contribution is 7.16. The van der Waals surface area contributed by atoms with Gasteiger partial charge in [-0.1, -0.05) is 41.9 Å². The van der Waals surface area contributed by atoms with Gasteiger partial charge >= 0.3 is 0 Å². The van der Waals surface area contributed by atoms with Gasteiger partial charge in [0.15, 0.2) is 11.1 Å². The van der Waals surface area contributed by atoms with E-state index in [1.165, 1.54) is 0 Å². The molecule has 0 amide bonds. The first-order valence-corrected chi connectivity index (χ1v) is 10.1. The van der Waals surface area contributed by atoms with Crippen LogP contribution < -0.4 is 11.1 Å². The van der Waals surface area contributed by atoms with Crippen molar-refractivity contribution in [2.75, 3.05) is 5.32 Å². The van der Waals surface area contributed by atoms with Crippen LogP contribution in [0.15, 0.2) is 53.5 Å². The molecule has 142 valence electrons. The van der Waals surface area contributed by atoms with Gasteiger partial charge in [0.2, 0.25) is 0 Å². The fourth-order valence-corrected chi connectivity index (χ4v) is 4.19. The molecule has 0 saturated heterocycles. The third-order valence-electron chi connectivity index (χ3n) is 4.49. The molecule has 4 rings (SSSR count). The number of halogens is 1. The summed E-state index contributed by atoms with van der Waals surface area (Å²) in [4.78, 5) is 13.7. The first kappa shape index (κ1) is 18.5. The number of nitrogens with zero attached hydrogens (tertiary/aromatic N) is 2. The second kappa shape index (κ2) is 7.66. The monoisotopic (exact) mass is 409 g/mol. The molecule has 0 aliphatic rings. The Labute approximate surface area is 172 Å². The van der Waals surface area contributed by atoms with Gasteiger partial charge in [0.1, 0.15) is 0 Å². The molecule has 0 bridgehead atoms. The Morgan fingerprint density at radius 3 is 2.79 bits per heavy atom. The number of nitrogens with one attached hydrogen (secondary N) is 2. The molecule has 7 heteroatoms. The third-order valence-corrected chi connectivity index (χ3v) is 5.61. The lowest BCUT2D eigenvalue weighted by Gasteiger charge is -2.02. The van der Waals surface area contributed by atoms with Crippen molar-refractivity contribution < 1.29 is 0 Å². The molecule has 2 aromatic carbocycles. The van der Waals surface area contributed by atoms with E-state index in [4.69, 9.17) is 22.3 Å². The van der Waals surface area contributed by atoms with Crippen molar-refractivity contribution >= 4 is 44.9 Å². The predicted octanol–water partition coefficient (Wildman–Crippen LogP) is 5.49. The number of nitrogens with two attached hydrogens (primary N) is 1. The number of fused-ring (bicyclic) bond motifs is 1. The molecular formula is C21H20ClN5S. The zero-order valence-electron chi connectivity index (χ0n) is 15.6. The molecule has 0 radical (unpaired) electrons. The summed E-state index contributed by atoms with van der Waals surface area (Å²) in [6.07, 6.45) is 0. The van der Waals surface area contributed by atoms with Gasteiger partial charge in [-0.2, -0.15) is 0 Å². The molecule has 4 aromatic rings. The van der Waals surface area contributed by atoms with Crippen molar-refractivity contribution in [3.05, 3.63) is 69.7 Å². The molecule has 0 aliphatic heterocycles. The average Bonchev–Trinajstić information content (AvgIpc) is 3.18. The number of aromatic nitrogens is 2. The third kappa shape index (κ3) is 3.74. The molecule has 2 heterocycles. The zero-order chi connectivity index (χ0) is 19.7. The minimum absolute atomic E-state index is 0.350. The Hall–Kier alpha value is -2.83. The second-order valence-corrected chi connectivity index (χ2v) is 8.19. The maximum Gasteiger partial charge on any atom is 0.195 e. The van der Waals surface area contributed by atoms with Gasteiger partial charge < -0.3 is 16.0 Å². The van der Waals surface area contributed by atoms with Gasteiger partial charge in [-0.15, -0.1) is 11.3 Å². The number of aryl methyl sites for hydroxylation is 2. The summed E-state index contributed by atoms with van der Waals surface area (Å²) in [6.45, 7) is 4.63. The van der Waals surface area contributed by atoms with Gasteiger partial charge in [0.05, 0.1) is 12.2 Å². The highest BCUT2D eigenvalue weighted by Crippen LogP contribution is 2.37. The van der Waals surface area contributed by atoms with Gasteiger partial charge in [0.25, 0.3) is 0 Å². The molecular weight excluding hydrogens is 390 g/mol. The summed E-state index contributed by atoms with van der Waals surface area (Å²) in [6, 6.07) is 15.8. The number of aliphatic imine (C=N–C) groups is 1. The second-order valence-electron chi connectivity index (χ2n) is 6.55. The molecule has 2 aromatic heterocycles. The Bertz CT molecular complexity index is 1160. The van der Waals surface area contributed by atoms with Crippen LogP contribution in [0.2, 0.25) is 5.02 Å². The normalized spacial score (nSPS) is 11.9. The number of hydrogen-bond acceptors (Lipinski definition) is 3.